The molecule has 0 saturated carbocycles. The molecule has 0 bridgehead atoms. The van der Waals surface area contributed by atoms with Crippen LogP contribution in [0, 0.1) is 5.41 Å². The number of carbonyl (C=O) groups is 1. The van der Waals surface area contributed by atoms with Crippen LogP contribution >= 0.6 is 18.0 Å². The lowest BCUT2D eigenvalue weighted by Gasteiger charge is -2.30. The summed E-state index contributed by atoms with van der Waals surface area (Å²) in [7, 11) is 0. The van der Waals surface area contributed by atoms with Crippen molar-refractivity contribution in [2.75, 3.05) is 51.9 Å². The number of ether oxygens (including phenoxy) is 2. The van der Waals surface area contributed by atoms with Crippen LogP contribution in [0.25, 0.3) is 0 Å². The highest BCUT2D eigenvalue weighted by atomic mass is 32.7. The van der Waals surface area contributed by atoms with Crippen molar-refractivity contribution < 1.29 is 23.7 Å². The first kappa shape index (κ1) is 19.0. The van der Waals surface area contributed by atoms with Crippen LogP contribution in [0.1, 0.15) is 20.3 Å². The van der Waals surface area contributed by atoms with E-state index in [1.807, 2.05) is 13.8 Å². The van der Waals surface area contributed by atoms with Gasteiger partial charge in [0.1, 0.15) is 6.61 Å². The lowest BCUT2D eigenvalue weighted by atomic mass is 9.89. The molecule has 0 aromatic rings. The molecule has 1 unspecified atom stereocenters. The van der Waals surface area contributed by atoms with Gasteiger partial charge in [0, 0.05) is 25.5 Å². The van der Waals surface area contributed by atoms with Gasteiger partial charge in [-0.05, 0) is 26.8 Å². The van der Waals surface area contributed by atoms with E-state index in [1.165, 1.54) is 6.66 Å². The van der Waals surface area contributed by atoms with Crippen LogP contribution in [0.5, 0.6) is 0 Å². The number of morpholine rings is 1. The van der Waals surface area contributed by atoms with Gasteiger partial charge in [-0.3, -0.25) is 14.3 Å². The van der Waals surface area contributed by atoms with Gasteiger partial charge < -0.3 is 14.4 Å². The van der Waals surface area contributed by atoms with Crippen LogP contribution in [-0.2, 0) is 18.8 Å². The molecule has 0 radical (unpaired) electrons. The number of rotatable bonds is 8. The molecule has 1 atom stereocenters. The quantitative estimate of drug-likeness (QED) is 0.411. The lowest BCUT2D eigenvalue weighted by Crippen LogP contribution is -2.39. The van der Waals surface area contributed by atoms with Gasteiger partial charge in [0.15, 0.2) is 0 Å². The Morgan fingerprint density at radius 3 is 2.62 bits per heavy atom. The van der Waals surface area contributed by atoms with Crippen LogP contribution < -0.4 is 0 Å². The van der Waals surface area contributed by atoms with Crippen LogP contribution in [0.3, 0.4) is 0 Å². The van der Waals surface area contributed by atoms with E-state index in [1.54, 1.807) is 0 Å². The molecule has 1 fully saturated rings. The summed E-state index contributed by atoms with van der Waals surface area (Å²) in [4.78, 5) is 23.5. The SMILES string of the molecule is CC(C)(CCN1CCOCC1)C(=O)OCCSP(C)(=O)O. The molecule has 8 heteroatoms. The second kappa shape index (κ2) is 8.53. The molecule has 21 heavy (non-hydrogen) atoms. The van der Waals surface area contributed by atoms with Crippen molar-refractivity contribution in [1.29, 1.82) is 0 Å². The van der Waals surface area contributed by atoms with Crippen LogP contribution in [-0.4, -0.2) is 67.6 Å². The average Bonchev–Trinajstić information content (AvgIpc) is 2.41. The van der Waals surface area contributed by atoms with Crippen molar-refractivity contribution in [1.82, 2.24) is 4.90 Å². The monoisotopic (exact) mass is 339 g/mol. The second-order valence-corrected chi connectivity index (χ2v) is 10.9. The summed E-state index contributed by atoms with van der Waals surface area (Å²) in [5.41, 5.74) is -0.544. The molecule has 124 valence electrons. The Hall–Kier alpha value is -0.0700. The molecule has 0 aromatic carbocycles. The van der Waals surface area contributed by atoms with Crippen molar-refractivity contribution in [2.45, 2.75) is 20.3 Å². The van der Waals surface area contributed by atoms with Crippen molar-refractivity contribution in [2.24, 2.45) is 5.41 Å². The number of hydrogen-bond donors (Lipinski definition) is 1. The van der Waals surface area contributed by atoms with Crippen molar-refractivity contribution in [3.8, 4) is 0 Å². The van der Waals surface area contributed by atoms with Gasteiger partial charge in [-0.2, -0.15) is 0 Å². The fourth-order valence-electron chi connectivity index (χ4n) is 1.90. The lowest BCUT2D eigenvalue weighted by molar-refractivity contribution is -0.153. The van der Waals surface area contributed by atoms with Crippen molar-refractivity contribution in [3.05, 3.63) is 0 Å². The highest BCUT2D eigenvalue weighted by Gasteiger charge is 2.30. The number of esters is 1. The zero-order valence-electron chi connectivity index (χ0n) is 13.0. The summed E-state index contributed by atoms with van der Waals surface area (Å²) in [5.74, 6) is 0.0930. The third kappa shape index (κ3) is 8.21. The zero-order valence-corrected chi connectivity index (χ0v) is 14.8. The molecular weight excluding hydrogens is 313 g/mol. The minimum Gasteiger partial charge on any atom is -0.464 e. The number of carbonyl (C=O) groups excluding carboxylic acids is 1. The molecule has 1 rings (SSSR count). The van der Waals surface area contributed by atoms with E-state index in [-0.39, 0.29) is 12.6 Å². The summed E-state index contributed by atoms with van der Waals surface area (Å²) in [6, 6.07) is 0. The van der Waals surface area contributed by atoms with Gasteiger partial charge in [-0.25, -0.2) is 0 Å². The molecule has 1 aliphatic heterocycles. The predicted molar refractivity (Wildman–Crippen MR) is 84.8 cm³/mol. The molecule has 0 aromatic heterocycles. The van der Waals surface area contributed by atoms with Gasteiger partial charge in [0.2, 0.25) is 0 Å². The Labute approximate surface area is 130 Å². The Morgan fingerprint density at radius 1 is 1.43 bits per heavy atom. The van der Waals surface area contributed by atoms with E-state index in [4.69, 9.17) is 14.4 Å². The summed E-state index contributed by atoms with van der Waals surface area (Å²) in [6.07, 6.45) is 0.727. The molecule has 6 nitrogen and oxygen atoms in total. The molecule has 0 aliphatic carbocycles. The molecular formula is C13H26NO5PS. The third-order valence-corrected chi connectivity index (χ3v) is 6.17. The Kier molecular flexibility index (Phi) is 7.71. The highest BCUT2D eigenvalue weighted by molar-refractivity contribution is 8.56. The Morgan fingerprint density at radius 2 is 2.05 bits per heavy atom. The summed E-state index contributed by atoms with van der Waals surface area (Å²) >= 11 is 0.934. The normalized spacial score (nSPS) is 20.0. The van der Waals surface area contributed by atoms with Crippen LogP contribution in [0.4, 0.5) is 0 Å². The fourth-order valence-corrected chi connectivity index (χ4v) is 3.64. The van der Waals surface area contributed by atoms with Crippen LogP contribution in [0.15, 0.2) is 0 Å². The van der Waals surface area contributed by atoms with Gasteiger partial charge in [-0.1, -0.05) is 11.4 Å². The first-order valence-electron chi connectivity index (χ1n) is 7.13. The van der Waals surface area contributed by atoms with Crippen molar-refractivity contribution in [3.63, 3.8) is 0 Å². The van der Waals surface area contributed by atoms with E-state index in [2.05, 4.69) is 4.90 Å². The summed E-state index contributed by atoms with van der Waals surface area (Å²) < 4.78 is 21.6. The molecule has 0 amide bonds. The standard InChI is InChI=1S/C13H26NO5PS/c1-13(2,4-5-14-6-8-18-9-7-14)12(15)19-10-11-21-20(3,16)17/h4-11H2,1-3H3,(H,16,17). The third-order valence-electron chi connectivity index (χ3n) is 3.36. The first-order chi connectivity index (χ1) is 9.71. The maximum absolute atomic E-state index is 12.1. The molecule has 1 aliphatic rings. The topological polar surface area (TPSA) is 76.1 Å². The van der Waals surface area contributed by atoms with Gasteiger partial charge in [0.25, 0.3) is 6.57 Å². The highest BCUT2D eigenvalue weighted by Crippen LogP contribution is 2.50. The Balaban J connectivity index is 2.25. The minimum absolute atomic E-state index is 0.170. The number of nitrogens with zero attached hydrogens (tertiary/aromatic N) is 1. The van der Waals surface area contributed by atoms with E-state index in [0.29, 0.717) is 5.75 Å². The molecule has 1 saturated heterocycles. The first-order valence-corrected chi connectivity index (χ1v) is 10.8. The van der Waals surface area contributed by atoms with E-state index in [9.17, 15) is 9.36 Å². The zero-order chi connectivity index (χ0) is 15.9. The second-order valence-electron chi connectivity index (χ2n) is 5.86. The molecule has 0 spiro atoms. The predicted octanol–water partition coefficient (Wildman–Crippen LogP) is 1.83. The van der Waals surface area contributed by atoms with E-state index in [0.717, 1.165) is 50.7 Å². The molecule has 1 N–H and O–H groups in total. The maximum Gasteiger partial charge on any atom is 0.311 e. The Bertz CT molecular complexity index is 379. The maximum atomic E-state index is 12.1. The minimum atomic E-state index is -3.09. The van der Waals surface area contributed by atoms with Crippen molar-refractivity contribution >= 4 is 23.9 Å². The summed E-state index contributed by atoms with van der Waals surface area (Å²) in [6.45, 7) is 6.27. The van der Waals surface area contributed by atoms with E-state index >= 15 is 0 Å². The fraction of sp³-hybridized carbons (Fsp3) is 0.923. The summed E-state index contributed by atoms with van der Waals surface area (Å²) in [5, 5.41) is 0. The van der Waals surface area contributed by atoms with Gasteiger partial charge >= 0.3 is 5.97 Å². The van der Waals surface area contributed by atoms with E-state index < -0.39 is 12.0 Å². The van der Waals surface area contributed by atoms with Crippen LogP contribution in [0.2, 0.25) is 0 Å². The largest absolute Gasteiger partial charge is 0.464 e. The number of hydrogen-bond acceptors (Lipinski definition) is 6. The van der Waals surface area contributed by atoms with Gasteiger partial charge in [-0.15, -0.1) is 0 Å². The average molecular weight is 339 g/mol. The van der Waals surface area contributed by atoms with Gasteiger partial charge in [0.05, 0.1) is 18.6 Å². The molecule has 1 heterocycles. The smallest absolute Gasteiger partial charge is 0.311 e.